The third-order valence-corrected chi connectivity index (χ3v) is 8.64. The molecule has 0 aromatic carbocycles. The van der Waals surface area contributed by atoms with E-state index in [1.807, 2.05) is 32.2 Å². The van der Waals surface area contributed by atoms with Crippen LogP contribution in [0.15, 0.2) is 16.1 Å². The third kappa shape index (κ3) is 8.43. The molecule has 216 valence electrons. The van der Waals surface area contributed by atoms with E-state index in [0.717, 1.165) is 16.3 Å². The van der Waals surface area contributed by atoms with Crippen molar-refractivity contribution in [2.45, 2.75) is 104 Å². The van der Waals surface area contributed by atoms with Gasteiger partial charge < -0.3 is 20.1 Å². The molecule has 0 radical (unpaired) electrons. The molecule has 7 atom stereocenters. The maximum absolute atomic E-state index is 13.0. The zero-order valence-corrected chi connectivity index (χ0v) is 24.4. The second-order valence-electron chi connectivity index (χ2n) is 11.3. The smallest absolute Gasteiger partial charge is 0.306 e. The van der Waals surface area contributed by atoms with Crippen molar-refractivity contribution < 1.29 is 34.4 Å². The Hall–Kier alpha value is -2.63. The van der Waals surface area contributed by atoms with Gasteiger partial charge in [-0.15, -0.1) is 11.3 Å². The number of hydrogen-bond donors (Lipinski definition) is 3. The van der Waals surface area contributed by atoms with Crippen LogP contribution in [0.5, 0.6) is 0 Å². The first-order chi connectivity index (χ1) is 18.0. The van der Waals surface area contributed by atoms with Gasteiger partial charge in [0.15, 0.2) is 0 Å². The minimum atomic E-state index is -1.43. The summed E-state index contributed by atoms with van der Waals surface area (Å²) >= 11 is 1.53. The van der Waals surface area contributed by atoms with Crippen molar-refractivity contribution in [3.8, 4) is 0 Å². The van der Waals surface area contributed by atoms with Gasteiger partial charge in [-0.3, -0.25) is 14.4 Å². The minimum Gasteiger partial charge on any atom is -0.481 e. The summed E-state index contributed by atoms with van der Waals surface area (Å²) in [4.78, 5) is 44.2. The fourth-order valence-electron chi connectivity index (χ4n) is 4.72. The highest BCUT2D eigenvalue weighted by atomic mass is 32.1. The number of rotatable bonds is 16. The van der Waals surface area contributed by atoms with Crippen LogP contribution in [0.4, 0.5) is 0 Å². The second kappa shape index (κ2) is 13.1. The SMILES string of the molecule is C/C(=C\c1csc(C)n1)C(CC1OC1(C)CCC(=O)C(C)C(O)C(C)C(=O)C(C)(C)C(O)CC(=O)O)N=[N+]=[N-]. The number of azide groups is 1. The molecule has 2 rings (SSSR count). The van der Waals surface area contributed by atoms with Crippen molar-refractivity contribution in [1.82, 2.24) is 4.98 Å². The molecule has 0 amide bonds. The number of carbonyl (C=O) groups is 3. The number of ether oxygens (including phenoxy) is 1. The molecule has 12 heteroatoms. The summed E-state index contributed by atoms with van der Waals surface area (Å²) in [5.74, 6) is -3.81. The number of carbonyl (C=O) groups excluding carboxylic acids is 2. The van der Waals surface area contributed by atoms with E-state index in [9.17, 15) is 24.6 Å². The number of aryl methyl sites for hydroxylation is 1. The monoisotopic (exact) mass is 564 g/mol. The molecular formula is C27H40N4O7S. The molecule has 7 unspecified atom stereocenters. The van der Waals surface area contributed by atoms with E-state index in [4.69, 9.17) is 15.4 Å². The molecule has 1 fully saturated rings. The first-order valence-corrected chi connectivity index (χ1v) is 13.9. The summed E-state index contributed by atoms with van der Waals surface area (Å²) in [6.45, 7) is 11.6. The number of Topliss-reactive ketones (excluding diaryl/α,β-unsaturated/α-hetero) is 2. The summed E-state index contributed by atoms with van der Waals surface area (Å²) in [5.41, 5.74) is 8.74. The van der Waals surface area contributed by atoms with Crippen LogP contribution in [0, 0.1) is 24.2 Å². The predicted molar refractivity (Wildman–Crippen MR) is 147 cm³/mol. The number of carboxylic acid groups (broad SMARTS) is 1. The first kappa shape index (κ1) is 32.6. The second-order valence-corrected chi connectivity index (χ2v) is 12.4. The lowest BCUT2D eigenvalue weighted by atomic mass is 9.73. The fourth-order valence-corrected chi connectivity index (χ4v) is 5.29. The topological polar surface area (TPSA) is 186 Å². The molecule has 2 heterocycles. The van der Waals surface area contributed by atoms with Crippen LogP contribution in [0.2, 0.25) is 0 Å². The highest BCUT2D eigenvalue weighted by Crippen LogP contribution is 2.44. The number of nitrogens with zero attached hydrogens (tertiary/aromatic N) is 4. The highest BCUT2D eigenvalue weighted by molar-refractivity contribution is 7.09. The Bertz CT molecular complexity index is 1140. The molecule has 0 bridgehead atoms. The van der Waals surface area contributed by atoms with Crippen LogP contribution in [0.25, 0.3) is 16.5 Å². The van der Waals surface area contributed by atoms with Gasteiger partial charge >= 0.3 is 5.97 Å². The van der Waals surface area contributed by atoms with E-state index >= 15 is 0 Å². The summed E-state index contributed by atoms with van der Waals surface area (Å²) < 4.78 is 5.90. The molecular weight excluding hydrogens is 524 g/mol. The summed E-state index contributed by atoms with van der Waals surface area (Å²) in [6, 6.07) is -0.424. The number of aliphatic hydroxyl groups excluding tert-OH is 2. The van der Waals surface area contributed by atoms with Crippen molar-refractivity contribution in [2.75, 3.05) is 0 Å². The number of hydrogen-bond acceptors (Lipinski definition) is 9. The zero-order valence-electron chi connectivity index (χ0n) is 23.6. The van der Waals surface area contributed by atoms with Crippen molar-refractivity contribution in [3.63, 3.8) is 0 Å². The van der Waals surface area contributed by atoms with Gasteiger partial charge in [0.25, 0.3) is 0 Å². The highest BCUT2D eigenvalue weighted by Gasteiger charge is 2.52. The van der Waals surface area contributed by atoms with Gasteiger partial charge in [-0.25, -0.2) is 4.98 Å². The summed E-state index contributed by atoms with van der Waals surface area (Å²) in [7, 11) is 0. The molecule has 3 N–H and O–H groups in total. The number of aliphatic carboxylic acids is 1. The van der Waals surface area contributed by atoms with Gasteiger partial charge in [-0.05, 0) is 45.2 Å². The minimum absolute atomic E-state index is 0.121. The Kier molecular flexibility index (Phi) is 11.0. The van der Waals surface area contributed by atoms with Gasteiger partial charge in [-0.2, -0.15) is 0 Å². The van der Waals surface area contributed by atoms with Gasteiger partial charge in [0, 0.05) is 28.5 Å². The summed E-state index contributed by atoms with van der Waals surface area (Å²) in [6.07, 6.45) is -0.662. The van der Waals surface area contributed by atoms with Crippen molar-refractivity contribution >= 4 is 34.9 Å². The molecule has 1 aliphatic heterocycles. The van der Waals surface area contributed by atoms with Gasteiger partial charge in [0.05, 0.1) is 52.5 Å². The van der Waals surface area contributed by atoms with E-state index in [1.54, 1.807) is 6.92 Å². The Morgan fingerprint density at radius 1 is 1.31 bits per heavy atom. The van der Waals surface area contributed by atoms with Gasteiger partial charge in [-0.1, -0.05) is 38.4 Å². The van der Waals surface area contributed by atoms with Crippen molar-refractivity contribution in [3.05, 3.63) is 32.1 Å². The lowest BCUT2D eigenvalue weighted by Gasteiger charge is -2.33. The van der Waals surface area contributed by atoms with Crippen LogP contribution >= 0.6 is 11.3 Å². The summed E-state index contributed by atoms with van der Waals surface area (Å²) in [5, 5.41) is 36.7. The van der Waals surface area contributed by atoms with Crippen LogP contribution in [-0.2, 0) is 19.1 Å². The maximum Gasteiger partial charge on any atom is 0.306 e. The number of aliphatic hydroxyl groups is 2. The lowest BCUT2D eigenvalue weighted by Crippen LogP contribution is -2.46. The van der Waals surface area contributed by atoms with E-state index < -0.39 is 59.3 Å². The van der Waals surface area contributed by atoms with Crippen LogP contribution in [0.3, 0.4) is 0 Å². The van der Waals surface area contributed by atoms with Crippen LogP contribution in [0.1, 0.15) is 77.9 Å². The third-order valence-electron chi connectivity index (χ3n) is 7.85. The fraction of sp³-hybridized carbons (Fsp3) is 0.704. The lowest BCUT2D eigenvalue weighted by molar-refractivity contribution is -0.147. The van der Waals surface area contributed by atoms with E-state index in [0.29, 0.717) is 12.8 Å². The van der Waals surface area contributed by atoms with Crippen LogP contribution < -0.4 is 0 Å². The van der Waals surface area contributed by atoms with Crippen molar-refractivity contribution in [1.29, 1.82) is 0 Å². The van der Waals surface area contributed by atoms with E-state index in [2.05, 4.69) is 15.0 Å². The molecule has 0 saturated carbocycles. The largest absolute Gasteiger partial charge is 0.481 e. The normalized spacial score (nSPS) is 23.2. The molecule has 0 spiro atoms. The molecule has 1 saturated heterocycles. The molecule has 1 aromatic rings. The number of ketones is 2. The van der Waals surface area contributed by atoms with Crippen molar-refractivity contribution in [2.24, 2.45) is 22.4 Å². The number of aromatic nitrogens is 1. The molecule has 1 aliphatic rings. The Morgan fingerprint density at radius 3 is 2.49 bits per heavy atom. The Balaban J connectivity index is 1.95. The maximum atomic E-state index is 13.0. The number of thiazole rings is 1. The van der Waals surface area contributed by atoms with Gasteiger partial charge in [0.2, 0.25) is 0 Å². The molecule has 39 heavy (non-hydrogen) atoms. The molecule has 11 nitrogen and oxygen atoms in total. The molecule has 1 aromatic heterocycles. The average molecular weight is 565 g/mol. The predicted octanol–water partition coefficient (Wildman–Crippen LogP) is 4.49. The molecule has 0 aliphatic carbocycles. The first-order valence-electron chi connectivity index (χ1n) is 13.0. The average Bonchev–Trinajstić information content (AvgIpc) is 3.32. The van der Waals surface area contributed by atoms with E-state index in [-0.39, 0.29) is 18.3 Å². The Morgan fingerprint density at radius 2 is 1.95 bits per heavy atom. The zero-order chi connectivity index (χ0) is 29.7. The number of carboxylic acids is 1. The van der Waals surface area contributed by atoms with E-state index in [1.165, 1.54) is 32.1 Å². The quantitative estimate of drug-likeness (QED) is 0.113. The van der Waals surface area contributed by atoms with Gasteiger partial charge in [0.1, 0.15) is 11.6 Å². The number of epoxide rings is 1. The standard InChI is InChI=1S/C27H40N4O7S/c1-14(10-18-13-39-17(4)29-18)19(30-31-28)11-22-27(7,38-22)9-8-20(32)15(2)24(36)16(3)25(37)26(5,6)21(33)12-23(34)35/h10,13,15-16,19,21-22,24,33,36H,8-9,11-12H2,1-7H3,(H,34,35)/b14-10+. The Labute approximate surface area is 232 Å². The van der Waals surface area contributed by atoms with Crippen LogP contribution in [-0.4, -0.2) is 67.8 Å².